The zero-order valence-corrected chi connectivity index (χ0v) is 12.7. The average molecular weight is 290 g/mol. The van der Waals surface area contributed by atoms with E-state index in [1.54, 1.807) is 14.0 Å². The Morgan fingerprint density at radius 2 is 2.19 bits per heavy atom. The van der Waals surface area contributed by atoms with Gasteiger partial charge in [0.25, 0.3) is 5.91 Å². The number of nitrogens with one attached hydrogen (secondary N) is 2. The highest BCUT2D eigenvalue weighted by Gasteiger charge is 2.16. The number of hydrogen-bond acceptors (Lipinski definition) is 4. The van der Waals surface area contributed by atoms with Gasteiger partial charge in [0, 0.05) is 6.54 Å². The largest absolute Gasteiger partial charge is 0.493 e. The second-order valence-electron chi connectivity index (χ2n) is 4.45. The molecule has 0 spiro atoms. The summed E-state index contributed by atoms with van der Waals surface area (Å²) in [6, 6.07) is 5.65. The topological polar surface area (TPSA) is 59.6 Å². The highest BCUT2D eigenvalue weighted by atomic mass is 16.5. The van der Waals surface area contributed by atoms with E-state index in [1.807, 2.05) is 25.1 Å². The van der Waals surface area contributed by atoms with E-state index in [-0.39, 0.29) is 12.5 Å². The molecule has 0 aliphatic carbocycles. The first-order valence-electron chi connectivity index (χ1n) is 6.87. The summed E-state index contributed by atoms with van der Waals surface area (Å²) in [4.78, 5) is 11.8. The molecule has 1 amide bonds. The van der Waals surface area contributed by atoms with Crippen LogP contribution in [0.5, 0.6) is 11.5 Å². The molecule has 1 unspecified atom stereocenters. The van der Waals surface area contributed by atoms with Crippen LogP contribution in [0.4, 0.5) is 0 Å². The molecule has 0 aliphatic heterocycles. The molecule has 0 heterocycles. The second-order valence-corrected chi connectivity index (χ2v) is 4.45. The molecule has 2 N–H and O–H groups in total. The van der Waals surface area contributed by atoms with Crippen LogP contribution in [0.2, 0.25) is 0 Å². The van der Waals surface area contributed by atoms with E-state index in [0.29, 0.717) is 11.5 Å². The molecule has 0 aromatic heterocycles. The smallest absolute Gasteiger partial charge is 0.261 e. The lowest BCUT2D eigenvalue weighted by molar-refractivity contribution is -0.127. The van der Waals surface area contributed by atoms with Gasteiger partial charge in [-0.05, 0) is 31.2 Å². The van der Waals surface area contributed by atoms with Gasteiger partial charge in [0.1, 0.15) is 0 Å². The molecular formula is C16H22N2O3. The van der Waals surface area contributed by atoms with Crippen molar-refractivity contribution in [1.29, 1.82) is 0 Å². The quantitative estimate of drug-likeness (QED) is 0.709. The number of hydrogen-bond donors (Lipinski definition) is 2. The van der Waals surface area contributed by atoms with Crippen LogP contribution >= 0.6 is 0 Å². The van der Waals surface area contributed by atoms with Crippen molar-refractivity contribution in [1.82, 2.24) is 10.6 Å². The van der Waals surface area contributed by atoms with Crippen molar-refractivity contribution in [3.63, 3.8) is 0 Å². The number of methoxy groups -OCH3 is 1. The van der Waals surface area contributed by atoms with Crippen molar-refractivity contribution in [3.05, 3.63) is 23.8 Å². The highest BCUT2D eigenvalue weighted by molar-refractivity contribution is 5.81. The van der Waals surface area contributed by atoms with Gasteiger partial charge in [-0.25, -0.2) is 0 Å². The maximum absolute atomic E-state index is 11.8. The third-order valence-corrected chi connectivity index (χ3v) is 2.84. The van der Waals surface area contributed by atoms with Crippen LogP contribution in [-0.2, 0) is 11.3 Å². The minimum Gasteiger partial charge on any atom is -0.493 e. The molecule has 0 radical (unpaired) electrons. The number of carbonyl (C=O) groups is 1. The van der Waals surface area contributed by atoms with Gasteiger partial charge in [0.15, 0.2) is 17.6 Å². The minimum atomic E-state index is -0.651. The summed E-state index contributed by atoms with van der Waals surface area (Å²) in [7, 11) is 1.56. The maximum Gasteiger partial charge on any atom is 0.261 e. The van der Waals surface area contributed by atoms with E-state index >= 15 is 0 Å². The molecule has 0 fully saturated rings. The molecule has 114 valence electrons. The summed E-state index contributed by atoms with van der Waals surface area (Å²) in [6.07, 6.45) is 4.46. The molecule has 5 nitrogen and oxygen atoms in total. The monoisotopic (exact) mass is 290 g/mol. The number of terminal acetylenes is 1. The fraction of sp³-hybridized carbons (Fsp3) is 0.438. The van der Waals surface area contributed by atoms with Gasteiger partial charge in [-0.15, -0.1) is 6.42 Å². The molecule has 0 aliphatic rings. The van der Waals surface area contributed by atoms with Crippen molar-refractivity contribution in [3.8, 4) is 23.8 Å². The van der Waals surface area contributed by atoms with E-state index in [0.717, 1.165) is 18.7 Å². The normalized spacial score (nSPS) is 11.3. The third kappa shape index (κ3) is 5.36. The zero-order chi connectivity index (χ0) is 15.7. The summed E-state index contributed by atoms with van der Waals surface area (Å²) >= 11 is 0. The zero-order valence-electron chi connectivity index (χ0n) is 12.7. The van der Waals surface area contributed by atoms with E-state index < -0.39 is 6.10 Å². The molecule has 5 heteroatoms. The van der Waals surface area contributed by atoms with E-state index in [1.165, 1.54) is 0 Å². The Labute approximate surface area is 126 Å². The van der Waals surface area contributed by atoms with E-state index in [9.17, 15) is 4.79 Å². The predicted octanol–water partition coefficient (Wildman–Crippen LogP) is 1.32. The van der Waals surface area contributed by atoms with E-state index in [4.69, 9.17) is 15.9 Å². The first-order chi connectivity index (χ1) is 10.1. The Morgan fingerprint density at radius 3 is 2.81 bits per heavy atom. The second kappa shape index (κ2) is 8.88. The van der Waals surface area contributed by atoms with Gasteiger partial charge in [0.2, 0.25) is 0 Å². The van der Waals surface area contributed by atoms with Crippen molar-refractivity contribution < 1.29 is 14.3 Å². The van der Waals surface area contributed by atoms with E-state index in [2.05, 4.69) is 16.6 Å². The Balaban J connectivity index is 2.79. The van der Waals surface area contributed by atoms with Gasteiger partial charge in [0.05, 0.1) is 13.7 Å². The van der Waals surface area contributed by atoms with Crippen molar-refractivity contribution in [2.45, 2.75) is 26.5 Å². The average Bonchev–Trinajstić information content (AvgIpc) is 2.50. The van der Waals surface area contributed by atoms with Gasteiger partial charge in [-0.3, -0.25) is 4.79 Å². The molecule has 1 rings (SSSR count). The highest BCUT2D eigenvalue weighted by Crippen LogP contribution is 2.29. The molecule has 1 aromatic carbocycles. The van der Waals surface area contributed by atoms with Crippen molar-refractivity contribution in [2.75, 3.05) is 20.2 Å². The lowest BCUT2D eigenvalue weighted by Gasteiger charge is -2.17. The lowest BCUT2D eigenvalue weighted by Crippen LogP contribution is -2.36. The first-order valence-corrected chi connectivity index (χ1v) is 6.87. The predicted molar refractivity (Wildman–Crippen MR) is 82.3 cm³/mol. The summed E-state index contributed by atoms with van der Waals surface area (Å²) < 4.78 is 10.9. The number of rotatable bonds is 8. The standard InChI is InChI=1S/C16H22N2O3/c1-5-9-18-16(19)12(3)21-15-10-13(11-17-6-2)7-8-14(15)20-4/h1,7-8,10,12,17H,6,9,11H2,2-4H3,(H,18,19). The number of benzene rings is 1. The van der Waals surface area contributed by atoms with Crippen LogP contribution in [0, 0.1) is 12.3 Å². The minimum absolute atomic E-state index is 0.185. The molecule has 1 atom stereocenters. The molecular weight excluding hydrogens is 268 g/mol. The lowest BCUT2D eigenvalue weighted by atomic mass is 10.2. The molecule has 21 heavy (non-hydrogen) atoms. The van der Waals surface area contributed by atoms with Crippen LogP contribution < -0.4 is 20.1 Å². The number of ether oxygens (including phenoxy) is 2. The first kappa shape index (κ1) is 16.9. The third-order valence-electron chi connectivity index (χ3n) is 2.84. The SMILES string of the molecule is C#CCNC(=O)C(C)Oc1cc(CNCC)ccc1OC. The fourth-order valence-electron chi connectivity index (χ4n) is 1.72. The van der Waals surface area contributed by atoms with Gasteiger partial charge in [-0.2, -0.15) is 0 Å². The van der Waals surface area contributed by atoms with Gasteiger partial charge >= 0.3 is 0 Å². The van der Waals surface area contributed by atoms with Crippen LogP contribution in [0.1, 0.15) is 19.4 Å². The van der Waals surface area contributed by atoms with Crippen molar-refractivity contribution in [2.24, 2.45) is 0 Å². The summed E-state index contributed by atoms with van der Waals surface area (Å²) in [5.41, 5.74) is 1.06. The van der Waals surface area contributed by atoms with Crippen LogP contribution in [-0.4, -0.2) is 32.2 Å². The Bertz CT molecular complexity index is 509. The Hall–Kier alpha value is -2.19. The fourth-order valence-corrected chi connectivity index (χ4v) is 1.72. The van der Waals surface area contributed by atoms with Crippen LogP contribution in [0.25, 0.3) is 0 Å². The summed E-state index contributed by atoms with van der Waals surface area (Å²) in [6.45, 7) is 5.51. The van der Waals surface area contributed by atoms with Crippen LogP contribution in [0.3, 0.4) is 0 Å². The molecule has 0 saturated carbocycles. The van der Waals surface area contributed by atoms with Crippen molar-refractivity contribution >= 4 is 5.91 Å². The molecule has 1 aromatic rings. The summed E-state index contributed by atoms with van der Waals surface area (Å²) in [5, 5.41) is 5.82. The van der Waals surface area contributed by atoms with Gasteiger partial charge in [-0.1, -0.05) is 18.9 Å². The van der Waals surface area contributed by atoms with Crippen LogP contribution in [0.15, 0.2) is 18.2 Å². The molecule has 0 saturated heterocycles. The Kier molecular flexibility index (Phi) is 7.13. The number of amides is 1. The van der Waals surface area contributed by atoms with Gasteiger partial charge < -0.3 is 20.1 Å². The Morgan fingerprint density at radius 1 is 1.43 bits per heavy atom. The number of carbonyl (C=O) groups excluding carboxylic acids is 1. The maximum atomic E-state index is 11.8. The summed E-state index contributed by atoms with van der Waals surface area (Å²) in [5.74, 6) is 3.22. The molecule has 0 bridgehead atoms.